The van der Waals surface area contributed by atoms with Crippen molar-refractivity contribution in [1.82, 2.24) is 4.57 Å². The van der Waals surface area contributed by atoms with Crippen molar-refractivity contribution in [3.8, 4) is 27.9 Å². The van der Waals surface area contributed by atoms with Gasteiger partial charge < -0.3 is 13.8 Å². The zero-order valence-corrected chi connectivity index (χ0v) is 44.1. The average molecular weight is 1010 g/mol. The summed E-state index contributed by atoms with van der Waals surface area (Å²) >= 11 is 1.94. The lowest BCUT2D eigenvalue weighted by Gasteiger charge is -2.57. The first kappa shape index (κ1) is 42.0. The molecular weight excluding hydrogens is 952 g/mol. The van der Waals surface area contributed by atoms with Crippen LogP contribution in [0.15, 0.2) is 168 Å². The lowest BCUT2D eigenvalue weighted by molar-refractivity contribution is -0.00526. The molecule has 5 heterocycles. The Balaban J connectivity index is 0.942. The van der Waals surface area contributed by atoms with Crippen LogP contribution >= 0.6 is 11.3 Å². The molecule has 3 nitrogen and oxygen atoms in total. The van der Waals surface area contributed by atoms with Gasteiger partial charge in [-0.25, -0.2) is 0 Å². The summed E-state index contributed by atoms with van der Waals surface area (Å²) in [6, 6.07) is 64.4. The van der Waals surface area contributed by atoms with E-state index in [1.807, 2.05) is 11.3 Å². The number of hydrogen-bond donors (Lipinski definition) is 0. The molecule has 0 N–H and O–H groups in total. The first-order chi connectivity index (χ1) is 38.0. The summed E-state index contributed by atoms with van der Waals surface area (Å²) in [5.74, 6) is 5.25. The number of hydrogen-bond acceptors (Lipinski definition) is 3. The standard InChI is InChI=1S/C72H57BN2OS/c1-2-8-46(9-3-1)47-14-17-52(18-15-47)75-60-20-21-63-65(57-28-48-10-4-5-11-49(48)29-64(57)77-63)66(60)67-68-61(33-56-53-12-6-7-13-62(53)76-70(56)67)74-59-19-16-50(71-34-40-22-41(35-71)24-42(23-40)36-71)30-54(59)55-31-51(32-58(69(55)74)73(68)75)72-37-43-25-44(38-72)27-45(26-43)39-72/h1-21,28-33,40-45H,22-27,34-39H2. The first-order valence-electron chi connectivity index (χ1n) is 29.4. The summed E-state index contributed by atoms with van der Waals surface area (Å²) in [4.78, 5) is 2.80. The Kier molecular flexibility index (Phi) is 7.93. The Morgan fingerprint density at radius 1 is 0.468 bits per heavy atom. The molecule has 8 fully saturated rings. The molecule has 370 valence electrons. The maximum absolute atomic E-state index is 7.42. The van der Waals surface area contributed by atoms with Crippen LogP contribution < -0.4 is 15.7 Å². The molecule has 9 aromatic carbocycles. The van der Waals surface area contributed by atoms with Crippen molar-refractivity contribution in [2.24, 2.45) is 35.5 Å². The minimum Gasteiger partial charge on any atom is -0.455 e. The van der Waals surface area contributed by atoms with Gasteiger partial charge in [0.25, 0.3) is 0 Å². The van der Waals surface area contributed by atoms with Crippen molar-refractivity contribution in [3.63, 3.8) is 0 Å². The second-order valence-electron chi connectivity index (χ2n) is 26.4. The molecule has 8 aliphatic carbocycles. The molecule has 3 aromatic heterocycles. The van der Waals surface area contributed by atoms with Crippen molar-refractivity contribution in [2.75, 3.05) is 4.81 Å². The normalized spacial score (nSPS) is 27.2. The number of aromatic nitrogens is 1. The van der Waals surface area contributed by atoms with Crippen molar-refractivity contribution < 1.29 is 4.42 Å². The first-order valence-corrected chi connectivity index (χ1v) is 30.2. The van der Waals surface area contributed by atoms with Crippen LogP contribution in [0.25, 0.3) is 103 Å². The van der Waals surface area contributed by atoms with Gasteiger partial charge in [0.15, 0.2) is 0 Å². The summed E-state index contributed by atoms with van der Waals surface area (Å²) in [6.45, 7) is -0.105. The summed E-state index contributed by atoms with van der Waals surface area (Å²) in [7, 11) is 0. The number of fused-ring (bicyclic) bond motifs is 16. The quantitative estimate of drug-likeness (QED) is 0.164. The van der Waals surface area contributed by atoms with Gasteiger partial charge in [0.2, 0.25) is 0 Å². The Morgan fingerprint density at radius 2 is 1.10 bits per heavy atom. The van der Waals surface area contributed by atoms with Crippen molar-refractivity contribution >= 4 is 115 Å². The number of furan rings is 1. The zero-order valence-electron chi connectivity index (χ0n) is 43.3. The minimum absolute atomic E-state index is 0.105. The molecule has 22 rings (SSSR count). The fourth-order valence-electron chi connectivity index (χ4n) is 20.1. The number of thiophene rings is 1. The molecule has 0 amide bonds. The molecule has 0 spiro atoms. The second-order valence-corrected chi connectivity index (χ2v) is 27.5. The summed E-state index contributed by atoms with van der Waals surface area (Å²) in [5, 5.41) is 10.6. The molecule has 0 atom stereocenters. The Hall–Kier alpha value is -7.08. The highest BCUT2D eigenvalue weighted by molar-refractivity contribution is 7.26. The highest BCUT2D eigenvalue weighted by Crippen LogP contribution is 2.63. The molecule has 12 aromatic rings. The Morgan fingerprint density at radius 3 is 1.83 bits per heavy atom. The maximum Gasteiger partial charge on any atom is 0.333 e. The lowest BCUT2D eigenvalue weighted by Crippen LogP contribution is -2.61. The van der Waals surface area contributed by atoms with Gasteiger partial charge in [-0.05, 0) is 234 Å². The SMILES string of the molecule is c1ccc(-c2ccc(N3B4c5c(cc6c(oc7ccccc76)c5-c5c3ccc3sc6cc7ccccc7cc6c53)-n3c5ccc(C67CC8CC(CC(C8)C6)C7)cc5c5cc(C67CC8CC(CC(C8)C6)C7)cc4c53)cc2)cc1. The maximum atomic E-state index is 7.42. The third-order valence-electron chi connectivity index (χ3n) is 22.2. The van der Waals surface area contributed by atoms with Gasteiger partial charge in [0.1, 0.15) is 11.2 Å². The third kappa shape index (κ3) is 5.50. The Bertz CT molecular complexity index is 4540. The minimum atomic E-state index is -0.105. The summed E-state index contributed by atoms with van der Waals surface area (Å²) < 4.78 is 12.9. The van der Waals surface area contributed by atoms with E-state index in [1.165, 1.54) is 191 Å². The van der Waals surface area contributed by atoms with Crippen molar-refractivity contribution in [1.29, 1.82) is 0 Å². The molecule has 5 heteroatoms. The van der Waals surface area contributed by atoms with Crippen LogP contribution in [0.1, 0.15) is 88.2 Å². The topological polar surface area (TPSA) is 21.3 Å². The van der Waals surface area contributed by atoms with Crippen LogP contribution in [0.2, 0.25) is 0 Å². The molecule has 0 radical (unpaired) electrons. The van der Waals surface area contributed by atoms with Crippen LogP contribution in [-0.4, -0.2) is 11.4 Å². The van der Waals surface area contributed by atoms with Gasteiger partial charge in [0.05, 0.1) is 11.0 Å². The van der Waals surface area contributed by atoms with Crippen molar-refractivity contribution in [3.05, 3.63) is 175 Å². The number of para-hydroxylation sites is 1. The predicted octanol–water partition coefficient (Wildman–Crippen LogP) is 18.0. The van der Waals surface area contributed by atoms with E-state index >= 15 is 0 Å². The largest absolute Gasteiger partial charge is 0.455 e. The highest BCUT2D eigenvalue weighted by Gasteiger charge is 2.55. The molecule has 77 heavy (non-hydrogen) atoms. The highest BCUT2D eigenvalue weighted by atomic mass is 32.1. The van der Waals surface area contributed by atoms with Gasteiger partial charge in [-0.2, -0.15) is 0 Å². The Labute approximate surface area is 452 Å². The van der Waals surface area contributed by atoms with Crippen LogP contribution in [0.4, 0.5) is 11.4 Å². The number of nitrogens with zero attached hydrogens (tertiary/aromatic N) is 2. The monoisotopic (exact) mass is 1010 g/mol. The summed E-state index contributed by atoms with van der Waals surface area (Å²) in [5.41, 5.74) is 20.2. The van der Waals surface area contributed by atoms with Gasteiger partial charge >= 0.3 is 6.85 Å². The van der Waals surface area contributed by atoms with Crippen LogP contribution in [0, 0.1) is 35.5 Å². The van der Waals surface area contributed by atoms with Gasteiger partial charge in [-0.15, -0.1) is 11.3 Å². The molecule has 2 aliphatic heterocycles. The van der Waals surface area contributed by atoms with E-state index in [1.54, 1.807) is 11.1 Å². The van der Waals surface area contributed by atoms with E-state index in [4.69, 9.17) is 4.42 Å². The van der Waals surface area contributed by atoms with Gasteiger partial charge in [0, 0.05) is 69.9 Å². The summed E-state index contributed by atoms with van der Waals surface area (Å²) in [6.07, 6.45) is 16.9. The molecule has 10 aliphatic rings. The molecule has 8 bridgehead atoms. The smallest absolute Gasteiger partial charge is 0.333 e. The molecule has 0 unspecified atom stereocenters. The second kappa shape index (κ2) is 14.5. The number of anilines is 2. The third-order valence-corrected chi connectivity index (χ3v) is 23.3. The van der Waals surface area contributed by atoms with Gasteiger partial charge in [-0.3, -0.25) is 0 Å². The number of rotatable bonds is 4. The van der Waals surface area contributed by atoms with Crippen molar-refractivity contribution in [2.45, 2.75) is 87.9 Å². The number of benzene rings is 9. The molecule has 8 saturated carbocycles. The van der Waals surface area contributed by atoms with Gasteiger partial charge in [-0.1, -0.05) is 97.1 Å². The molecular formula is C72H57BN2OS. The fraction of sp³-hybridized carbons (Fsp3) is 0.278. The lowest BCUT2D eigenvalue weighted by atomic mass is 9.42. The molecule has 0 saturated heterocycles. The van der Waals surface area contributed by atoms with E-state index < -0.39 is 0 Å². The van der Waals surface area contributed by atoms with Crippen LogP contribution in [0.5, 0.6) is 0 Å². The van der Waals surface area contributed by atoms with E-state index in [0.29, 0.717) is 5.41 Å². The van der Waals surface area contributed by atoms with Crippen LogP contribution in [0.3, 0.4) is 0 Å². The van der Waals surface area contributed by atoms with Crippen LogP contribution in [-0.2, 0) is 10.8 Å². The zero-order chi connectivity index (χ0) is 49.6. The van der Waals surface area contributed by atoms with E-state index in [-0.39, 0.29) is 12.3 Å². The van der Waals surface area contributed by atoms with E-state index in [9.17, 15) is 0 Å². The average Bonchev–Trinajstić information content (AvgIpc) is 4.06. The van der Waals surface area contributed by atoms with E-state index in [2.05, 4.69) is 173 Å². The van der Waals surface area contributed by atoms with E-state index in [0.717, 1.165) is 46.7 Å². The fourth-order valence-corrected chi connectivity index (χ4v) is 21.2. The predicted molar refractivity (Wildman–Crippen MR) is 323 cm³/mol.